The van der Waals surface area contributed by atoms with Crippen LogP contribution in [0.3, 0.4) is 0 Å². The number of carbonyl (C=O) groups excluding carboxylic acids is 4. The number of amides is 1. The lowest BCUT2D eigenvalue weighted by atomic mass is 10.1. The quantitative estimate of drug-likeness (QED) is 0.332. The van der Waals surface area contributed by atoms with Crippen LogP contribution in [0.5, 0.6) is 0 Å². The first-order chi connectivity index (χ1) is 14.0. The van der Waals surface area contributed by atoms with E-state index in [-0.39, 0.29) is 80.7 Å². The van der Waals surface area contributed by atoms with Gasteiger partial charge >= 0.3 is 0 Å². The van der Waals surface area contributed by atoms with Gasteiger partial charge in [-0.25, -0.2) is 0 Å². The molecular formula is C22H39NO7. The van der Waals surface area contributed by atoms with E-state index in [1.165, 1.54) is 0 Å². The van der Waals surface area contributed by atoms with Crippen LogP contribution in [0.25, 0.3) is 0 Å². The lowest BCUT2D eigenvalue weighted by Crippen LogP contribution is -2.43. The highest BCUT2D eigenvalue weighted by molar-refractivity contribution is 5.82. The van der Waals surface area contributed by atoms with Crippen molar-refractivity contribution in [3.05, 3.63) is 0 Å². The van der Waals surface area contributed by atoms with Gasteiger partial charge in [-0.2, -0.15) is 0 Å². The van der Waals surface area contributed by atoms with Crippen molar-refractivity contribution >= 4 is 23.3 Å². The molecule has 8 heteroatoms. The van der Waals surface area contributed by atoms with Gasteiger partial charge in [0.1, 0.15) is 24.8 Å². The van der Waals surface area contributed by atoms with E-state index in [0.717, 1.165) is 0 Å². The Morgan fingerprint density at radius 1 is 0.633 bits per heavy atom. The zero-order valence-corrected chi connectivity index (χ0v) is 19.3. The fourth-order valence-electron chi connectivity index (χ4n) is 2.19. The van der Waals surface area contributed by atoms with Gasteiger partial charge in [0, 0.05) is 30.6 Å². The predicted molar refractivity (Wildman–Crippen MR) is 113 cm³/mol. The molecule has 0 aromatic heterocycles. The number of hydrogen-bond donors (Lipinski definition) is 1. The van der Waals surface area contributed by atoms with Crippen LogP contribution in [-0.2, 0) is 33.4 Å². The first-order valence-electron chi connectivity index (χ1n) is 10.6. The molecule has 0 bridgehead atoms. The largest absolute Gasteiger partial charge is 0.379 e. The normalized spacial score (nSPS) is 11.5. The Kier molecular flexibility index (Phi) is 15.2. The van der Waals surface area contributed by atoms with Gasteiger partial charge in [0.2, 0.25) is 5.91 Å². The third-order valence-electron chi connectivity index (χ3n) is 4.40. The molecule has 0 fully saturated rings. The summed E-state index contributed by atoms with van der Waals surface area (Å²) >= 11 is 0. The molecule has 0 spiro atoms. The summed E-state index contributed by atoms with van der Waals surface area (Å²) in [6.45, 7) is 11.4. The van der Waals surface area contributed by atoms with Crippen molar-refractivity contribution in [3.63, 3.8) is 0 Å². The third-order valence-corrected chi connectivity index (χ3v) is 4.40. The molecule has 1 amide bonds. The molecule has 8 nitrogen and oxygen atoms in total. The van der Waals surface area contributed by atoms with E-state index in [9.17, 15) is 19.2 Å². The second kappa shape index (κ2) is 16.1. The molecule has 0 aliphatic heterocycles. The Balaban J connectivity index is 4.43. The van der Waals surface area contributed by atoms with E-state index < -0.39 is 6.04 Å². The van der Waals surface area contributed by atoms with E-state index >= 15 is 0 Å². The zero-order valence-electron chi connectivity index (χ0n) is 19.3. The highest BCUT2D eigenvalue weighted by Crippen LogP contribution is 2.01. The average molecular weight is 430 g/mol. The topological polar surface area (TPSA) is 108 Å². The van der Waals surface area contributed by atoms with E-state index in [0.29, 0.717) is 12.8 Å². The van der Waals surface area contributed by atoms with Crippen LogP contribution < -0.4 is 5.32 Å². The number of Topliss-reactive ketones (excluding diaryl/α,β-unsaturated/α-hetero) is 3. The van der Waals surface area contributed by atoms with Crippen LogP contribution in [0.4, 0.5) is 0 Å². The second-order valence-corrected chi connectivity index (χ2v) is 8.27. The average Bonchev–Trinajstić information content (AvgIpc) is 2.67. The van der Waals surface area contributed by atoms with Crippen LogP contribution in [-0.4, -0.2) is 68.9 Å². The SMILES string of the molecule is CC(C)C(=O)CCOCC(COCCC(=O)C(C)C)NC(=O)COCC(=O)C(C)C. The standard InChI is InChI=1S/C22H39NO7/c1-15(2)19(24)7-9-28-11-18(12-29-10-8-20(25)16(3)4)23-22(27)14-30-13-21(26)17(5)6/h15-18H,7-14H2,1-6H3,(H,23,27). The molecule has 0 saturated carbocycles. The summed E-state index contributed by atoms with van der Waals surface area (Å²) < 4.78 is 16.2. The molecule has 0 radical (unpaired) electrons. The molecule has 0 unspecified atom stereocenters. The number of ketones is 3. The minimum Gasteiger partial charge on any atom is -0.379 e. The van der Waals surface area contributed by atoms with Crippen molar-refractivity contribution in [3.8, 4) is 0 Å². The van der Waals surface area contributed by atoms with Gasteiger partial charge in [0.15, 0.2) is 5.78 Å². The number of ether oxygens (including phenoxy) is 3. The van der Waals surface area contributed by atoms with Crippen molar-refractivity contribution in [1.29, 1.82) is 0 Å². The van der Waals surface area contributed by atoms with Gasteiger partial charge < -0.3 is 19.5 Å². The van der Waals surface area contributed by atoms with Crippen LogP contribution in [0.1, 0.15) is 54.4 Å². The zero-order chi connectivity index (χ0) is 23.1. The number of nitrogens with one attached hydrogen (secondary N) is 1. The fourth-order valence-corrected chi connectivity index (χ4v) is 2.19. The summed E-state index contributed by atoms with van der Waals surface area (Å²) in [5.74, 6) is -0.474. The van der Waals surface area contributed by atoms with Crippen LogP contribution in [0.15, 0.2) is 0 Å². The molecule has 0 aliphatic rings. The van der Waals surface area contributed by atoms with Crippen molar-refractivity contribution in [2.24, 2.45) is 17.8 Å². The maximum Gasteiger partial charge on any atom is 0.246 e. The van der Waals surface area contributed by atoms with Gasteiger partial charge in [-0.05, 0) is 0 Å². The number of carbonyl (C=O) groups is 4. The molecular weight excluding hydrogens is 390 g/mol. The first-order valence-corrected chi connectivity index (χ1v) is 10.6. The van der Waals surface area contributed by atoms with E-state index in [1.54, 1.807) is 13.8 Å². The maximum absolute atomic E-state index is 12.1. The lowest BCUT2D eigenvalue weighted by Gasteiger charge is -2.19. The van der Waals surface area contributed by atoms with Gasteiger partial charge in [0.25, 0.3) is 0 Å². The van der Waals surface area contributed by atoms with Crippen LogP contribution in [0, 0.1) is 17.8 Å². The summed E-state index contributed by atoms with van der Waals surface area (Å²) in [6, 6.07) is -0.454. The Hall–Kier alpha value is -1.64. The van der Waals surface area contributed by atoms with Crippen molar-refractivity contribution in [2.75, 3.05) is 39.6 Å². The molecule has 0 aliphatic carbocycles. The summed E-state index contributed by atoms with van der Waals surface area (Å²) in [5.41, 5.74) is 0. The van der Waals surface area contributed by atoms with E-state index in [1.807, 2.05) is 27.7 Å². The lowest BCUT2D eigenvalue weighted by molar-refractivity contribution is -0.133. The molecule has 0 atom stereocenters. The molecule has 30 heavy (non-hydrogen) atoms. The Labute approximate surface area is 180 Å². The van der Waals surface area contributed by atoms with Gasteiger partial charge in [0.05, 0.1) is 32.5 Å². The predicted octanol–water partition coefficient (Wildman–Crippen LogP) is 1.98. The summed E-state index contributed by atoms with van der Waals surface area (Å²) in [6.07, 6.45) is 0.616. The molecule has 0 aromatic carbocycles. The van der Waals surface area contributed by atoms with Gasteiger partial charge in [-0.1, -0.05) is 41.5 Å². The van der Waals surface area contributed by atoms with Gasteiger partial charge in [-0.3, -0.25) is 19.2 Å². The minimum atomic E-state index is -0.454. The Morgan fingerprint density at radius 2 is 1.07 bits per heavy atom. The molecule has 0 heterocycles. The Morgan fingerprint density at radius 3 is 1.47 bits per heavy atom. The summed E-state index contributed by atoms with van der Waals surface area (Å²) in [4.78, 5) is 47.0. The smallest absolute Gasteiger partial charge is 0.246 e. The number of hydrogen-bond acceptors (Lipinski definition) is 7. The second-order valence-electron chi connectivity index (χ2n) is 8.27. The minimum absolute atomic E-state index is 0.0448. The van der Waals surface area contributed by atoms with Crippen molar-refractivity contribution < 1.29 is 33.4 Å². The Bertz CT molecular complexity index is 516. The highest BCUT2D eigenvalue weighted by atomic mass is 16.5. The monoisotopic (exact) mass is 429 g/mol. The van der Waals surface area contributed by atoms with Crippen molar-refractivity contribution in [2.45, 2.75) is 60.4 Å². The molecule has 0 rings (SSSR count). The fraction of sp³-hybridized carbons (Fsp3) is 0.818. The maximum atomic E-state index is 12.1. The first kappa shape index (κ1) is 28.4. The van der Waals surface area contributed by atoms with E-state index in [2.05, 4.69) is 5.32 Å². The van der Waals surface area contributed by atoms with Crippen LogP contribution >= 0.6 is 0 Å². The van der Waals surface area contributed by atoms with Crippen LogP contribution in [0.2, 0.25) is 0 Å². The molecule has 174 valence electrons. The third kappa shape index (κ3) is 14.4. The van der Waals surface area contributed by atoms with Gasteiger partial charge in [-0.15, -0.1) is 0 Å². The number of rotatable bonds is 18. The van der Waals surface area contributed by atoms with E-state index in [4.69, 9.17) is 14.2 Å². The summed E-state index contributed by atoms with van der Waals surface area (Å²) in [5, 5.41) is 2.75. The molecule has 0 aromatic rings. The summed E-state index contributed by atoms with van der Waals surface area (Å²) in [7, 11) is 0. The highest BCUT2D eigenvalue weighted by Gasteiger charge is 2.16. The molecule has 0 saturated heterocycles. The van der Waals surface area contributed by atoms with Crippen molar-refractivity contribution in [1.82, 2.24) is 5.32 Å². The molecule has 1 N–H and O–H groups in total.